The van der Waals surface area contributed by atoms with E-state index in [1.807, 2.05) is 0 Å². The summed E-state index contributed by atoms with van der Waals surface area (Å²) in [5.74, 6) is 3.85. The molecule has 0 heteroatoms. The van der Waals surface area contributed by atoms with Gasteiger partial charge in [0.1, 0.15) is 0 Å². The lowest BCUT2D eigenvalue weighted by Crippen LogP contribution is -2.12. The maximum absolute atomic E-state index is 2.50. The molecule has 3 rings (SSSR count). The van der Waals surface area contributed by atoms with E-state index in [1.165, 1.54) is 12.8 Å². The van der Waals surface area contributed by atoms with Gasteiger partial charge < -0.3 is 0 Å². The van der Waals surface area contributed by atoms with Crippen molar-refractivity contribution in [2.75, 3.05) is 0 Å². The van der Waals surface area contributed by atoms with Gasteiger partial charge in [-0.15, -0.1) is 0 Å². The third-order valence-corrected chi connectivity index (χ3v) is 4.64. The highest BCUT2D eigenvalue weighted by Gasteiger charge is 2.64. The molecule has 0 aromatic carbocycles. The van der Waals surface area contributed by atoms with Crippen molar-refractivity contribution in [2.45, 2.75) is 26.7 Å². The second-order valence-corrected chi connectivity index (χ2v) is 4.89. The standard InChI is InChI=1S/C11H16/c1-7-8(2)10-4-3-9(7)11(10)5-6-11/h3-4,7-10H,5-6H2,1-2H3/t7-,8+,9?,10?. The fourth-order valence-electron chi connectivity index (χ4n) is 3.71. The van der Waals surface area contributed by atoms with Gasteiger partial charge in [-0.25, -0.2) is 0 Å². The van der Waals surface area contributed by atoms with Gasteiger partial charge >= 0.3 is 0 Å². The molecule has 2 bridgehead atoms. The Morgan fingerprint density at radius 1 is 1.00 bits per heavy atom. The smallest absolute Gasteiger partial charge is 0.0143 e. The predicted octanol–water partition coefficient (Wildman–Crippen LogP) is 2.85. The van der Waals surface area contributed by atoms with E-state index in [9.17, 15) is 0 Å². The van der Waals surface area contributed by atoms with Crippen LogP contribution in [0.1, 0.15) is 26.7 Å². The van der Waals surface area contributed by atoms with E-state index >= 15 is 0 Å². The summed E-state index contributed by atoms with van der Waals surface area (Å²) < 4.78 is 0. The topological polar surface area (TPSA) is 0 Å². The molecule has 0 N–H and O–H groups in total. The summed E-state index contributed by atoms with van der Waals surface area (Å²) >= 11 is 0. The van der Waals surface area contributed by atoms with Crippen molar-refractivity contribution in [2.24, 2.45) is 29.1 Å². The van der Waals surface area contributed by atoms with E-state index in [-0.39, 0.29) is 0 Å². The average Bonchev–Trinajstić information content (AvgIpc) is 2.60. The summed E-state index contributed by atoms with van der Waals surface area (Å²) in [7, 11) is 0. The summed E-state index contributed by atoms with van der Waals surface area (Å²) in [6.45, 7) is 4.89. The molecule has 11 heavy (non-hydrogen) atoms. The molecule has 0 aromatic rings. The molecule has 4 atom stereocenters. The predicted molar refractivity (Wildman–Crippen MR) is 46.1 cm³/mol. The van der Waals surface area contributed by atoms with Crippen molar-refractivity contribution in [1.82, 2.24) is 0 Å². The minimum absolute atomic E-state index is 0.804. The van der Waals surface area contributed by atoms with Crippen LogP contribution in [-0.2, 0) is 0 Å². The lowest BCUT2D eigenvalue weighted by molar-refractivity contribution is 0.364. The van der Waals surface area contributed by atoms with Crippen LogP contribution < -0.4 is 0 Å². The van der Waals surface area contributed by atoms with E-state index < -0.39 is 0 Å². The van der Waals surface area contributed by atoms with Gasteiger partial charge in [0.2, 0.25) is 0 Å². The highest BCUT2D eigenvalue weighted by atomic mass is 14.7. The largest absolute Gasteiger partial charge is 0.0843 e. The summed E-state index contributed by atoms with van der Waals surface area (Å²) in [4.78, 5) is 0. The molecular weight excluding hydrogens is 132 g/mol. The van der Waals surface area contributed by atoms with Crippen molar-refractivity contribution >= 4 is 0 Å². The third kappa shape index (κ3) is 0.513. The fourth-order valence-corrected chi connectivity index (χ4v) is 3.71. The van der Waals surface area contributed by atoms with Crippen LogP contribution in [0.3, 0.4) is 0 Å². The molecule has 60 valence electrons. The Hall–Kier alpha value is -0.260. The van der Waals surface area contributed by atoms with Crippen LogP contribution in [0, 0.1) is 29.1 Å². The zero-order chi connectivity index (χ0) is 7.64. The Labute approximate surface area is 68.7 Å². The Morgan fingerprint density at radius 2 is 1.45 bits per heavy atom. The minimum atomic E-state index is 0.804. The van der Waals surface area contributed by atoms with Gasteiger partial charge in [0.15, 0.2) is 0 Å². The lowest BCUT2D eigenvalue weighted by Gasteiger charge is -2.19. The molecular formula is C11H16. The van der Waals surface area contributed by atoms with E-state index in [4.69, 9.17) is 0 Å². The molecule has 0 heterocycles. The van der Waals surface area contributed by atoms with Gasteiger partial charge in [0, 0.05) is 0 Å². The highest BCUT2D eigenvalue weighted by Crippen LogP contribution is 2.71. The summed E-state index contributed by atoms with van der Waals surface area (Å²) in [5.41, 5.74) is 0.804. The molecule has 2 saturated carbocycles. The van der Waals surface area contributed by atoms with Gasteiger partial charge in [-0.2, -0.15) is 0 Å². The van der Waals surface area contributed by atoms with Crippen molar-refractivity contribution in [1.29, 1.82) is 0 Å². The van der Waals surface area contributed by atoms with Gasteiger partial charge in [0.05, 0.1) is 0 Å². The Bertz CT molecular complexity index is 202. The zero-order valence-electron chi connectivity index (χ0n) is 7.38. The Balaban J connectivity index is 2.06. The molecule has 0 radical (unpaired) electrons. The first-order valence-corrected chi connectivity index (χ1v) is 4.94. The van der Waals surface area contributed by atoms with E-state index in [2.05, 4.69) is 26.0 Å². The summed E-state index contributed by atoms with van der Waals surface area (Å²) in [6, 6.07) is 0. The van der Waals surface area contributed by atoms with E-state index in [0.717, 1.165) is 29.1 Å². The Morgan fingerprint density at radius 3 is 1.73 bits per heavy atom. The first kappa shape index (κ1) is 6.28. The maximum Gasteiger partial charge on any atom is -0.0143 e. The van der Waals surface area contributed by atoms with Crippen LogP contribution >= 0.6 is 0 Å². The molecule has 0 aromatic heterocycles. The van der Waals surface area contributed by atoms with Gasteiger partial charge in [-0.05, 0) is 41.9 Å². The molecule has 2 unspecified atom stereocenters. The first-order chi connectivity index (χ1) is 5.26. The van der Waals surface area contributed by atoms with Crippen molar-refractivity contribution in [3.8, 4) is 0 Å². The zero-order valence-corrected chi connectivity index (χ0v) is 7.38. The van der Waals surface area contributed by atoms with Crippen molar-refractivity contribution < 1.29 is 0 Å². The molecule has 1 spiro atoms. The molecule has 0 nitrogen and oxygen atoms in total. The molecule has 0 aliphatic heterocycles. The van der Waals surface area contributed by atoms with E-state index in [1.54, 1.807) is 0 Å². The average molecular weight is 148 g/mol. The summed E-state index contributed by atoms with van der Waals surface area (Å²) in [5, 5.41) is 0. The van der Waals surface area contributed by atoms with Crippen molar-refractivity contribution in [3.05, 3.63) is 12.2 Å². The number of rotatable bonds is 0. The number of hydrogen-bond donors (Lipinski definition) is 0. The van der Waals surface area contributed by atoms with Crippen LogP contribution in [0.15, 0.2) is 12.2 Å². The van der Waals surface area contributed by atoms with Crippen LogP contribution in [0.5, 0.6) is 0 Å². The normalized spacial score (nSPS) is 55.8. The van der Waals surface area contributed by atoms with Crippen LogP contribution in [0.4, 0.5) is 0 Å². The van der Waals surface area contributed by atoms with E-state index in [0.29, 0.717) is 0 Å². The molecule has 3 aliphatic rings. The Kier molecular flexibility index (Phi) is 0.898. The second-order valence-electron chi connectivity index (χ2n) is 4.89. The monoisotopic (exact) mass is 148 g/mol. The van der Waals surface area contributed by atoms with Crippen molar-refractivity contribution in [3.63, 3.8) is 0 Å². The maximum atomic E-state index is 2.50. The molecule has 0 amide bonds. The highest BCUT2D eigenvalue weighted by molar-refractivity contribution is 5.27. The lowest BCUT2D eigenvalue weighted by atomic mass is 9.86. The van der Waals surface area contributed by atoms with Crippen LogP contribution in [0.25, 0.3) is 0 Å². The van der Waals surface area contributed by atoms with Crippen LogP contribution in [0.2, 0.25) is 0 Å². The molecule has 3 aliphatic carbocycles. The fraction of sp³-hybridized carbons (Fsp3) is 0.818. The summed E-state index contributed by atoms with van der Waals surface area (Å²) in [6.07, 6.45) is 8.04. The second kappa shape index (κ2) is 1.57. The first-order valence-electron chi connectivity index (χ1n) is 4.94. The van der Waals surface area contributed by atoms with Gasteiger partial charge in [0.25, 0.3) is 0 Å². The van der Waals surface area contributed by atoms with Gasteiger partial charge in [-0.3, -0.25) is 0 Å². The van der Waals surface area contributed by atoms with Gasteiger partial charge in [-0.1, -0.05) is 26.0 Å². The molecule has 0 saturated heterocycles. The van der Waals surface area contributed by atoms with Crippen LogP contribution in [-0.4, -0.2) is 0 Å². The number of hydrogen-bond acceptors (Lipinski definition) is 0. The minimum Gasteiger partial charge on any atom is -0.0843 e. The quantitative estimate of drug-likeness (QED) is 0.463. The third-order valence-electron chi connectivity index (χ3n) is 4.64. The molecule has 2 fully saturated rings. The number of allylic oxidation sites excluding steroid dienone is 2. The SMILES string of the molecule is C[C@@H]1C2C=CC([C@@H]1C)C21CC1.